The molecule has 34 heavy (non-hydrogen) atoms. The summed E-state index contributed by atoms with van der Waals surface area (Å²) in [6.07, 6.45) is 1.47. The third-order valence-electron chi connectivity index (χ3n) is 6.21. The van der Waals surface area contributed by atoms with Crippen LogP contribution in [0.15, 0.2) is 77.2 Å². The summed E-state index contributed by atoms with van der Waals surface area (Å²) in [6, 6.07) is 21.9. The maximum atomic E-state index is 13.1. The van der Waals surface area contributed by atoms with Crippen LogP contribution >= 0.6 is 0 Å². The first-order valence-corrected chi connectivity index (χ1v) is 11.3. The lowest BCUT2D eigenvalue weighted by molar-refractivity contribution is -0.384. The van der Waals surface area contributed by atoms with E-state index in [4.69, 9.17) is 4.42 Å². The fourth-order valence-corrected chi connectivity index (χ4v) is 4.34. The van der Waals surface area contributed by atoms with E-state index in [-0.39, 0.29) is 17.5 Å². The van der Waals surface area contributed by atoms with Gasteiger partial charge in [0.15, 0.2) is 11.5 Å². The first-order valence-electron chi connectivity index (χ1n) is 11.3. The molecule has 1 fully saturated rings. The van der Waals surface area contributed by atoms with Crippen LogP contribution in [0, 0.1) is 10.1 Å². The highest BCUT2D eigenvalue weighted by Crippen LogP contribution is 2.31. The number of nitro groups is 1. The standard InChI is InChI=1S/C26H24N4O4/c31-26(29-14-12-19(13-15-29)25-28-22-8-4-5-9-24(22)34-25)20-10-11-21(23(16-20)30(32)33)27-17-18-6-2-1-3-7-18/h1-11,16,19,27H,12-15,17H2. The molecular formula is C26H24N4O4. The molecule has 0 unspecified atom stereocenters. The normalized spacial score (nSPS) is 14.3. The number of oxazole rings is 1. The molecule has 1 aromatic heterocycles. The summed E-state index contributed by atoms with van der Waals surface area (Å²) in [4.78, 5) is 30.7. The zero-order chi connectivity index (χ0) is 23.5. The van der Waals surface area contributed by atoms with Crippen molar-refractivity contribution in [2.75, 3.05) is 18.4 Å². The van der Waals surface area contributed by atoms with E-state index in [2.05, 4.69) is 10.3 Å². The van der Waals surface area contributed by atoms with Gasteiger partial charge in [-0.25, -0.2) is 4.98 Å². The highest BCUT2D eigenvalue weighted by molar-refractivity contribution is 5.95. The summed E-state index contributed by atoms with van der Waals surface area (Å²) < 4.78 is 5.90. The van der Waals surface area contributed by atoms with Crippen molar-refractivity contribution in [2.45, 2.75) is 25.3 Å². The van der Waals surface area contributed by atoms with E-state index in [0.717, 1.165) is 29.5 Å². The number of likely N-dealkylation sites (tertiary alicyclic amines) is 1. The number of fused-ring (bicyclic) bond motifs is 1. The molecule has 1 saturated heterocycles. The number of benzene rings is 3. The number of nitrogens with zero attached hydrogens (tertiary/aromatic N) is 3. The number of hydrogen-bond acceptors (Lipinski definition) is 6. The largest absolute Gasteiger partial charge is 0.440 e. The third kappa shape index (κ3) is 4.47. The number of nitro benzene ring substituents is 1. The second-order valence-electron chi connectivity index (χ2n) is 8.41. The number of para-hydroxylation sites is 2. The van der Waals surface area contributed by atoms with Gasteiger partial charge in [0, 0.05) is 37.2 Å². The summed E-state index contributed by atoms with van der Waals surface area (Å²) in [6.45, 7) is 1.55. The van der Waals surface area contributed by atoms with Gasteiger partial charge in [-0.1, -0.05) is 42.5 Å². The molecule has 8 nitrogen and oxygen atoms in total. The molecule has 172 valence electrons. The number of carbonyl (C=O) groups is 1. The minimum Gasteiger partial charge on any atom is -0.440 e. The van der Waals surface area contributed by atoms with Crippen molar-refractivity contribution >= 4 is 28.4 Å². The molecule has 0 saturated carbocycles. The van der Waals surface area contributed by atoms with Crippen LogP contribution in [-0.4, -0.2) is 33.8 Å². The number of carbonyl (C=O) groups excluding carboxylic acids is 1. The zero-order valence-corrected chi connectivity index (χ0v) is 18.5. The summed E-state index contributed by atoms with van der Waals surface area (Å²) in [5, 5.41) is 14.8. The molecule has 0 radical (unpaired) electrons. The monoisotopic (exact) mass is 456 g/mol. The average Bonchev–Trinajstić information content (AvgIpc) is 3.32. The number of anilines is 1. The lowest BCUT2D eigenvalue weighted by atomic mass is 9.96. The van der Waals surface area contributed by atoms with E-state index in [1.807, 2.05) is 54.6 Å². The van der Waals surface area contributed by atoms with E-state index in [1.165, 1.54) is 6.07 Å². The van der Waals surface area contributed by atoms with Crippen molar-refractivity contribution in [3.05, 3.63) is 99.9 Å². The van der Waals surface area contributed by atoms with Gasteiger partial charge in [0.05, 0.1) is 4.92 Å². The lowest BCUT2D eigenvalue weighted by Gasteiger charge is -2.30. The minimum atomic E-state index is -0.455. The average molecular weight is 457 g/mol. The maximum absolute atomic E-state index is 13.1. The fraction of sp³-hybridized carbons (Fsp3) is 0.231. The Kier molecular flexibility index (Phi) is 5.95. The van der Waals surface area contributed by atoms with Crippen LogP contribution in [0.1, 0.15) is 40.6 Å². The van der Waals surface area contributed by atoms with Gasteiger partial charge in [-0.3, -0.25) is 14.9 Å². The van der Waals surface area contributed by atoms with Crippen LogP contribution in [-0.2, 0) is 6.54 Å². The zero-order valence-electron chi connectivity index (χ0n) is 18.5. The van der Waals surface area contributed by atoms with Crippen molar-refractivity contribution in [3.8, 4) is 0 Å². The molecule has 1 aliphatic heterocycles. The van der Waals surface area contributed by atoms with Crippen LogP contribution in [0.25, 0.3) is 11.1 Å². The number of aromatic nitrogens is 1. The maximum Gasteiger partial charge on any atom is 0.293 e. The number of rotatable bonds is 6. The van der Waals surface area contributed by atoms with Crippen molar-refractivity contribution in [1.29, 1.82) is 0 Å². The van der Waals surface area contributed by atoms with Gasteiger partial charge in [0.2, 0.25) is 0 Å². The molecule has 1 amide bonds. The molecule has 4 aromatic rings. The highest BCUT2D eigenvalue weighted by atomic mass is 16.6. The van der Waals surface area contributed by atoms with Crippen LogP contribution in [0.5, 0.6) is 0 Å². The summed E-state index contributed by atoms with van der Waals surface area (Å²) in [5.41, 5.74) is 3.22. The van der Waals surface area contributed by atoms with Gasteiger partial charge in [-0.2, -0.15) is 0 Å². The fourth-order valence-electron chi connectivity index (χ4n) is 4.34. The van der Waals surface area contributed by atoms with E-state index < -0.39 is 4.92 Å². The van der Waals surface area contributed by atoms with Crippen LogP contribution in [0.3, 0.4) is 0 Å². The molecule has 8 heteroatoms. The van der Waals surface area contributed by atoms with Crippen LogP contribution in [0.4, 0.5) is 11.4 Å². The Morgan fingerprint density at radius 1 is 1.06 bits per heavy atom. The highest BCUT2D eigenvalue weighted by Gasteiger charge is 2.28. The second-order valence-corrected chi connectivity index (χ2v) is 8.41. The third-order valence-corrected chi connectivity index (χ3v) is 6.21. The van der Waals surface area contributed by atoms with Gasteiger partial charge >= 0.3 is 0 Å². The molecule has 0 atom stereocenters. The Morgan fingerprint density at radius 3 is 2.53 bits per heavy atom. The smallest absolute Gasteiger partial charge is 0.293 e. The molecule has 3 aromatic carbocycles. The van der Waals surface area contributed by atoms with E-state index in [1.54, 1.807) is 17.0 Å². The Morgan fingerprint density at radius 2 is 1.79 bits per heavy atom. The number of amides is 1. The van der Waals surface area contributed by atoms with Gasteiger partial charge in [-0.05, 0) is 42.7 Å². The molecule has 0 aliphatic carbocycles. The molecule has 0 spiro atoms. The Labute approximate surface area is 196 Å². The van der Waals surface area contributed by atoms with E-state index in [9.17, 15) is 14.9 Å². The minimum absolute atomic E-state index is 0.108. The Hall–Kier alpha value is -4.20. The van der Waals surface area contributed by atoms with Crippen LogP contribution in [0.2, 0.25) is 0 Å². The van der Waals surface area contributed by atoms with Crippen LogP contribution < -0.4 is 5.32 Å². The topological polar surface area (TPSA) is 102 Å². The van der Waals surface area contributed by atoms with Crippen molar-refractivity contribution in [3.63, 3.8) is 0 Å². The molecule has 5 rings (SSSR count). The molecule has 1 aliphatic rings. The van der Waals surface area contributed by atoms with Crippen molar-refractivity contribution in [2.24, 2.45) is 0 Å². The van der Waals surface area contributed by atoms with Crippen molar-refractivity contribution in [1.82, 2.24) is 9.88 Å². The van der Waals surface area contributed by atoms with E-state index >= 15 is 0 Å². The van der Waals surface area contributed by atoms with Gasteiger partial charge in [-0.15, -0.1) is 0 Å². The van der Waals surface area contributed by atoms with E-state index in [0.29, 0.717) is 36.8 Å². The summed E-state index contributed by atoms with van der Waals surface area (Å²) in [5.74, 6) is 0.654. The SMILES string of the molecule is O=C(c1ccc(NCc2ccccc2)c([N+](=O)[O-])c1)N1CCC(c2nc3ccccc3o2)CC1. The first-order chi connectivity index (χ1) is 16.6. The van der Waals surface area contributed by atoms with Gasteiger partial charge < -0.3 is 14.6 Å². The molecular weight excluding hydrogens is 432 g/mol. The van der Waals surface area contributed by atoms with Crippen molar-refractivity contribution < 1.29 is 14.1 Å². The molecule has 0 bridgehead atoms. The lowest BCUT2D eigenvalue weighted by Crippen LogP contribution is -2.38. The summed E-state index contributed by atoms with van der Waals surface area (Å²) >= 11 is 0. The summed E-state index contributed by atoms with van der Waals surface area (Å²) in [7, 11) is 0. The predicted octanol–water partition coefficient (Wildman–Crippen LogP) is 5.37. The second kappa shape index (κ2) is 9.35. The molecule has 2 heterocycles. The number of nitrogens with one attached hydrogen (secondary N) is 1. The number of hydrogen-bond donors (Lipinski definition) is 1. The Bertz CT molecular complexity index is 1290. The van der Waals surface area contributed by atoms with Gasteiger partial charge in [0.25, 0.3) is 11.6 Å². The number of piperidine rings is 1. The van der Waals surface area contributed by atoms with Gasteiger partial charge in [0.1, 0.15) is 11.2 Å². The quantitative estimate of drug-likeness (QED) is 0.309. The predicted molar refractivity (Wildman–Crippen MR) is 129 cm³/mol. The Balaban J connectivity index is 1.26. The first kappa shape index (κ1) is 21.6. The molecule has 1 N–H and O–H groups in total.